The predicted octanol–water partition coefficient (Wildman–Crippen LogP) is 3.98. The van der Waals surface area contributed by atoms with E-state index in [1.165, 1.54) is 16.0 Å². The number of hydrogen-bond acceptors (Lipinski definition) is 1. The second-order valence-corrected chi connectivity index (χ2v) is 3.91. The molecule has 0 aliphatic rings. The van der Waals surface area contributed by atoms with Crippen LogP contribution in [0.4, 0.5) is 0 Å². The van der Waals surface area contributed by atoms with Crippen molar-refractivity contribution in [1.29, 1.82) is 0 Å². The van der Waals surface area contributed by atoms with Gasteiger partial charge in [0.1, 0.15) is 0 Å². The van der Waals surface area contributed by atoms with Crippen LogP contribution in [0.1, 0.15) is 12.5 Å². The van der Waals surface area contributed by atoms with Gasteiger partial charge in [-0.3, -0.25) is 0 Å². The van der Waals surface area contributed by atoms with Crippen LogP contribution in [0, 0.1) is 0 Å². The van der Waals surface area contributed by atoms with E-state index in [-0.39, 0.29) is 0 Å². The van der Waals surface area contributed by atoms with Crippen molar-refractivity contribution in [3.8, 4) is 10.4 Å². The van der Waals surface area contributed by atoms with Gasteiger partial charge in [-0.15, -0.1) is 11.3 Å². The van der Waals surface area contributed by atoms with Gasteiger partial charge < -0.3 is 0 Å². The molecule has 2 rings (SSSR count). The Balaban J connectivity index is 2.47. The summed E-state index contributed by atoms with van der Waals surface area (Å²) in [4.78, 5) is 1.42. The maximum Gasteiger partial charge on any atom is 0.0374 e. The van der Waals surface area contributed by atoms with E-state index < -0.39 is 0 Å². The molecule has 66 valence electrons. The first-order chi connectivity index (χ1) is 6.42. The van der Waals surface area contributed by atoms with Crippen molar-refractivity contribution in [3.63, 3.8) is 0 Å². The Morgan fingerprint density at radius 3 is 2.54 bits per heavy atom. The van der Waals surface area contributed by atoms with E-state index in [2.05, 4.69) is 48.7 Å². The Labute approximate surface area is 82.9 Å². The normalized spacial score (nSPS) is 10.2. The molecule has 0 N–H and O–H groups in total. The molecule has 13 heavy (non-hydrogen) atoms. The third kappa shape index (κ3) is 1.65. The Morgan fingerprint density at radius 1 is 1.08 bits per heavy atom. The van der Waals surface area contributed by atoms with Crippen LogP contribution in [-0.2, 0) is 6.42 Å². The first-order valence-corrected chi connectivity index (χ1v) is 5.41. The molecule has 0 spiro atoms. The van der Waals surface area contributed by atoms with E-state index in [1.807, 2.05) is 11.3 Å². The Bertz CT molecular complexity index is 373. The predicted molar refractivity (Wildman–Crippen MR) is 59.1 cm³/mol. The third-order valence-corrected chi connectivity index (χ3v) is 3.17. The van der Waals surface area contributed by atoms with Crippen LogP contribution in [0.5, 0.6) is 0 Å². The molecule has 0 radical (unpaired) electrons. The zero-order chi connectivity index (χ0) is 9.10. The molecule has 0 nitrogen and oxygen atoms in total. The van der Waals surface area contributed by atoms with Crippen LogP contribution in [0.3, 0.4) is 0 Å². The van der Waals surface area contributed by atoms with Crippen molar-refractivity contribution < 1.29 is 0 Å². The van der Waals surface area contributed by atoms with Crippen LogP contribution >= 0.6 is 11.3 Å². The van der Waals surface area contributed by atoms with Gasteiger partial charge in [-0.2, -0.15) is 0 Å². The lowest BCUT2D eigenvalue weighted by atomic mass is 10.1. The molecular formula is C12H12S. The van der Waals surface area contributed by atoms with Gasteiger partial charge in [0, 0.05) is 4.88 Å². The van der Waals surface area contributed by atoms with Gasteiger partial charge in [0.05, 0.1) is 0 Å². The monoisotopic (exact) mass is 188 g/mol. The van der Waals surface area contributed by atoms with Gasteiger partial charge in [0.15, 0.2) is 0 Å². The molecule has 1 heterocycles. The van der Waals surface area contributed by atoms with Crippen molar-refractivity contribution >= 4 is 11.3 Å². The fraction of sp³-hybridized carbons (Fsp3) is 0.167. The Morgan fingerprint density at radius 2 is 1.85 bits per heavy atom. The lowest BCUT2D eigenvalue weighted by Crippen LogP contribution is -1.79. The van der Waals surface area contributed by atoms with Crippen molar-refractivity contribution in [1.82, 2.24) is 0 Å². The minimum absolute atomic E-state index is 1.12. The van der Waals surface area contributed by atoms with Crippen molar-refractivity contribution in [2.75, 3.05) is 0 Å². The van der Waals surface area contributed by atoms with Gasteiger partial charge in [0.25, 0.3) is 0 Å². The van der Waals surface area contributed by atoms with Gasteiger partial charge in [-0.05, 0) is 29.0 Å². The Hall–Kier alpha value is -1.08. The van der Waals surface area contributed by atoms with Gasteiger partial charge in [0.2, 0.25) is 0 Å². The fourth-order valence-electron chi connectivity index (χ4n) is 1.46. The molecule has 2 aromatic rings. The van der Waals surface area contributed by atoms with E-state index >= 15 is 0 Å². The maximum absolute atomic E-state index is 2.22. The number of rotatable bonds is 2. The Kier molecular flexibility index (Phi) is 2.46. The summed E-state index contributed by atoms with van der Waals surface area (Å²) >= 11 is 1.83. The average Bonchev–Trinajstić information content (AvgIpc) is 2.67. The highest BCUT2D eigenvalue weighted by molar-refractivity contribution is 7.13. The van der Waals surface area contributed by atoms with Crippen LogP contribution < -0.4 is 0 Å². The summed E-state index contributed by atoms with van der Waals surface area (Å²) in [5.41, 5.74) is 2.80. The highest BCUT2D eigenvalue weighted by atomic mass is 32.1. The van der Waals surface area contributed by atoms with Gasteiger partial charge in [-0.1, -0.05) is 37.3 Å². The summed E-state index contributed by atoms with van der Waals surface area (Å²) in [7, 11) is 0. The molecule has 0 aliphatic carbocycles. The summed E-state index contributed by atoms with van der Waals surface area (Å²) in [5.74, 6) is 0. The average molecular weight is 188 g/mol. The molecule has 0 saturated heterocycles. The summed E-state index contributed by atoms with van der Waals surface area (Å²) in [6, 6.07) is 12.8. The van der Waals surface area contributed by atoms with E-state index in [0.29, 0.717) is 0 Å². The minimum atomic E-state index is 1.12. The first-order valence-electron chi connectivity index (χ1n) is 4.53. The van der Waals surface area contributed by atoms with E-state index in [0.717, 1.165) is 6.42 Å². The SMILES string of the molecule is CCc1ccsc1-c1ccccc1. The molecule has 1 aromatic carbocycles. The molecular weight excluding hydrogens is 176 g/mol. The third-order valence-electron chi connectivity index (χ3n) is 2.16. The van der Waals surface area contributed by atoms with Crippen molar-refractivity contribution in [2.45, 2.75) is 13.3 Å². The lowest BCUT2D eigenvalue weighted by molar-refractivity contribution is 1.16. The highest BCUT2D eigenvalue weighted by Gasteiger charge is 2.03. The molecule has 0 bridgehead atoms. The van der Waals surface area contributed by atoms with Crippen LogP contribution in [-0.4, -0.2) is 0 Å². The molecule has 0 fully saturated rings. The van der Waals surface area contributed by atoms with Gasteiger partial charge in [-0.25, -0.2) is 0 Å². The number of aryl methyl sites for hydroxylation is 1. The topological polar surface area (TPSA) is 0 Å². The molecule has 0 amide bonds. The molecule has 0 unspecified atom stereocenters. The number of benzene rings is 1. The molecule has 0 atom stereocenters. The largest absolute Gasteiger partial charge is 0.144 e. The summed E-state index contributed by atoms with van der Waals surface area (Å²) < 4.78 is 0. The summed E-state index contributed by atoms with van der Waals surface area (Å²) in [6.45, 7) is 2.20. The van der Waals surface area contributed by atoms with Gasteiger partial charge >= 0.3 is 0 Å². The number of hydrogen-bond donors (Lipinski definition) is 0. The molecule has 1 heteroatoms. The summed E-state index contributed by atoms with van der Waals surface area (Å²) in [5, 5.41) is 2.17. The highest BCUT2D eigenvalue weighted by Crippen LogP contribution is 2.29. The molecule has 0 aliphatic heterocycles. The zero-order valence-corrected chi connectivity index (χ0v) is 8.47. The van der Waals surface area contributed by atoms with Crippen molar-refractivity contribution in [3.05, 3.63) is 47.3 Å². The minimum Gasteiger partial charge on any atom is -0.144 e. The standard InChI is InChI=1S/C12H12S/c1-2-10-8-9-13-12(10)11-6-4-3-5-7-11/h3-9H,2H2,1H3. The second-order valence-electron chi connectivity index (χ2n) is 2.99. The number of thiophene rings is 1. The quantitative estimate of drug-likeness (QED) is 0.668. The van der Waals surface area contributed by atoms with Crippen LogP contribution in [0.25, 0.3) is 10.4 Å². The van der Waals surface area contributed by atoms with E-state index in [4.69, 9.17) is 0 Å². The van der Waals surface area contributed by atoms with Crippen molar-refractivity contribution in [2.24, 2.45) is 0 Å². The van der Waals surface area contributed by atoms with Crippen LogP contribution in [0.15, 0.2) is 41.8 Å². The second kappa shape index (κ2) is 3.75. The molecule has 0 saturated carbocycles. The van der Waals surface area contributed by atoms with E-state index in [1.54, 1.807) is 0 Å². The van der Waals surface area contributed by atoms with E-state index in [9.17, 15) is 0 Å². The summed E-state index contributed by atoms with van der Waals surface area (Å²) in [6.07, 6.45) is 1.12. The zero-order valence-electron chi connectivity index (χ0n) is 7.66. The van der Waals surface area contributed by atoms with Crippen LogP contribution in [0.2, 0.25) is 0 Å². The maximum atomic E-state index is 2.22. The first kappa shape index (κ1) is 8.52. The lowest BCUT2D eigenvalue weighted by Gasteiger charge is -2.00. The fourth-order valence-corrected chi connectivity index (χ4v) is 2.46. The molecule has 1 aromatic heterocycles. The smallest absolute Gasteiger partial charge is 0.0374 e.